The zero-order valence-corrected chi connectivity index (χ0v) is 13.0. The molecule has 5 heteroatoms. The number of benzene rings is 1. The van der Waals surface area contributed by atoms with Crippen LogP contribution in [0.1, 0.15) is 11.6 Å². The van der Waals surface area contributed by atoms with Crippen LogP contribution in [-0.4, -0.2) is 52.4 Å². The fourth-order valence-electron chi connectivity index (χ4n) is 2.73. The van der Waals surface area contributed by atoms with Crippen molar-refractivity contribution in [3.8, 4) is 17.2 Å². The molecule has 0 bridgehead atoms. The van der Waals surface area contributed by atoms with Crippen LogP contribution in [0.4, 0.5) is 0 Å². The minimum Gasteiger partial charge on any atom is -0.493 e. The lowest BCUT2D eigenvalue weighted by Gasteiger charge is -2.33. The van der Waals surface area contributed by atoms with E-state index in [9.17, 15) is 0 Å². The molecule has 1 saturated heterocycles. The number of methoxy groups -OCH3 is 3. The van der Waals surface area contributed by atoms with Gasteiger partial charge in [-0.1, -0.05) is 6.08 Å². The Morgan fingerprint density at radius 3 is 2.10 bits per heavy atom. The minimum atomic E-state index is 0.140. The van der Waals surface area contributed by atoms with E-state index in [4.69, 9.17) is 14.2 Å². The molecule has 2 rings (SSSR count). The van der Waals surface area contributed by atoms with E-state index in [1.54, 1.807) is 21.3 Å². The van der Waals surface area contributed by atoms with Crippen LogP contribution in [0.25, 0.3) is 0 Å². The first-order valence-electron chi connectivity index (χ1n) is 7.12. The fourth-order valence-corrected chi connectivity index (χ4v) is 2.73. The van der Waals surface area contributed by atoms with Gasteiger partial charge in [0.05, 0.1) is 27.4 Å². The first-order chi connectivity index (χ1) is 10.2. The third-order valence-corrected chi connectivity index (χ3v) is 3.80. The summed E-state index contributed by atoms with van der Waals surface area (Å²) in [5.41, 5.74) is 1.10. The number of nitrogens with one attached hydrogen (secondary N) is 1. The Balaban J connectivity index is 2.38. The van der Waals surface area contributed by atoms with Crippen molar-refractivity contribution < 1.29 is 14.2 Å². The summed E-state index contributed by atoms with van der Waals surface area (Å²) < 4.78 is 16.2. The van der Waals surface area contributed by atoms with Crippen molar-refractivity contribution in [3.63, 3.8) is 0 Å². The van der Waals surface area contributed by atoms with E-state index in [2.05, 4.69) is 16.8 Å². The summed E-state index contributed by atoms with van der Waals surface area (Å²) in [5.74, 6) is 1.97. The maximum absolute atomic E-state index is 5.43. The second kappa shape index (κ2) is 7.33. The van der Waals surface area contributed by atoms with Gasteiger partial charge in [-0.15, -0.1) is 6.58 Å². The van der Waals surface area contributed by atoms with Crippen molar-refractivity contribution in [2.24, 2.45) is 0 Å². The zero-order chi connectivity index (χ0) is 15.2. The van der Waals surface area contributed by atoms with Gasteiger partial charge in [0, 0.05) is 26.2 Å². The Hall–Kier alpha value is -1.72. The van der Waals surface area contributed by atoms with E-state index in [1.807, 2.05) is 18.2 Å². The monoisotopic (exact) mass is 292 g/mol. The largest absolute Gasteiger partial charge is 0.493 e. The maximum Gasteiger partial charge on any atom is 0.203 e. The number of hydrogen-bond acceptors (Lipinski definition) is 5. The van der Waals surface area contributed by atoms with Crippen molar-refractivity contribution >= 4 is 0 Å². The molecule has 0 radical (unpaired) electrons. The molecule has 1 aromatic carbocycles. The number of nitrogens with zero attached hydrogens (tertiary/aromatic N) is 1. The molecule has 116 valence electrons. The van der Waals surface area contributed by atoms with Gasteiger partial charge in [0.15, 0.2) is 11.5 Å². The predicted molar refractivity (Wildman–Crippen MR) is 83.5 cm³/mol. The maximum atomic E-state index is 5.43. The molecule has 0 aliphatic carbocycles. The van der Waals surface area contributed by atoms with Gasteiger partial charge in [-0.05, 0) is 17.7 Å². The van der Waals surface area contributed by atoms with Crippen LogP contribution in [-0.2, 0) is 0 Å². The highest BCUT2D eigenvalue weighted by Gasteiger charge is 2.22. The van der Waals surface area contributed by atoms with Crippen LogP contribution < -0.4 is 19.5 Å². The predicted octanol–water partition coefficient (Wildman–Crippen LogP) is 1.84. The Morgan fingerprint density at radius 1 is 1.10 bits per heavy atom. The summed E-state index contributed by atoms with van der Waals surface area (Å²) in [6.45, 7) is 7.97. The van der Waals surface area contributed by atoms with E-state index >= 15 is 0 Å². The fraction of sp³-hybridized carbons (Fsp3) is 0.500. The van der Waals surface area contributed by atoms with Gasteiger partial charge in [-0.3, -0.25) is 4.90 Å². The molecular weight excluding hydrogens is 268 g/mol. The van der Waals surface area contributed by atoms with Gasteiger partial charge in [0.1, 0.15) is 0 Å². The van der Waals surface area contributed by atoms with Crippen molar-refractivity contribution in [3.05, 3.63) is 30.4 Å². The molecule has 1 atom stereocenters. The van der Waals surface area contributed by atoms with Crippen molar-refractivity contribution in [1.82, 2.24) is 10.2 Å². The molecule has 1 aliphatic heterocycles. The lowest BCUT2D eigenvalue weighted by molar-refractivity contribution is 0.202. The highest BCUT2D eigenvalue weighted by atomic mass is 16.5. The van der Waals surface area contributed by atoms with Crippen LogP contribution in [0.5, 0.6) is 17.2 Å². The molecule has 0 spiro atoms. The Morgan fingerprint density at radius 2 is 1.67 bits per heavy atom. The first kappa shape index (κ1) is 15.7. The van der Waals surface area contributed by atoms with Gasteiger partial charge in [0.2, 0.25) is 5.75 Å². The van der Waals surface area contributed by atoms with Crippen LogP contribution in [0, 0.1) is 0 Å². The molecule has 5 nitrogen and oxygen atoms in total. The molecule has 1 heterocycles. The van der Waals surface area contributed by atoms with Crippen molar-refractivity contribution in [2.45, 2.75) is 6.04 Å². The molecule has 1 aromatic rings. The molecule has 0 unspecified atom stereocenters. The van der Waals surface area contributed by atoms with Gasteiger partial charge in [-0.2, -0.15) is 0 Å². The highest BCUT2D eigenvalue weighted by molar-refractivity contribution is 5.54. The molecule has 21 heavy (non-hydrogen) atoms. The molecule has 1 N–H and O–H groups in total. The number of ether oxygens (including phenoxy) is 3. The van der Waals surface area contributed by atoms with Gasteiger partial charge >= 0.3 is 0 Å². The van der Waals surface area contributed by atoms with Gasteiger partial charge in [0.25, 0.3) is 0 Å². The van der Waals surface area contributed by atoms with Crippen molar-refractivity contribution in [2.75, 3.05) is 47.5 Å². The molecule has 0 aromatic heterocycles. The smallest absolute Gasteiger partial charge is 0.203 e. The van der Waals surface area contributed by atoms with Crippen LogP contribution in [0.15, 0.2) is 24.8 Å². The van der Waals surface area contributed by atoms with E-state index in [0.29, 0.717) is 17.2 Å². The third-order valence-electron chi connectivity index (χ3n) is 3.80. The van der Waals surface area contributed by atoms with Crippen LogP contribution in [0.2, 0.25) is 0 Å². The molecule has 1 aliphatic rings. The molecule has 0 amide bonds. The van der Waals surface area contributed by atoms with E-state index in [-0.39, 0.29) is 6.04 Å². The minimum absolute atomic E-state index is 0.140. The normalized spacial score (nSPS) is 17.1. The summed E-state index contributed by atoms with van der Waals surface area (Å²) in [6.07, 6.45) is 1.96. The summed E-state index contributed by atoms with van der Waals surface area (Å²) in [6, 6.07) is 4.13. The second-order valence-corrected chi connectivity index (χ2v) is 4.93. The lowest BCUT2D eigenvalue weighted by Crippen LogP contribution is -2.44. The van der Waals surface area contributed by atoms with E-state index < -0.39 is 0 Å². The Kier molecular flexibility index (Phi) is 5.47. The van der Waals surface area contributed by atoms with Crippen molar-refractivity contribution in [1.29, 1.82) is 0 Å². The summed E-state index contributed by atoms with van der Waals surface area (Å²) in [7, 11) is 4.88. The second-order valence-electron chi connectivity index (χ2n) is 4.93. The Labute approximate surface area is 126 Å². The number of rotatable bonds is 6. The SMILES string of the molecule is C=C[C@@H](c1cc(OC)c(OC)c(OC)c1)N1CCNCC1. The topological polar surface area (TPSA) is 43.0 Å². The molecule has 1 fully saturated rings. The Bertz CT molecular complexity index is 459. The van der Waals surface area contributed by atoms with Gasteiger partial charge in [-0.25, -0.2) is 0 Å². The zero-order valence-electron chi connectivity index (χ0n) is 13.0. The average Bonchev–Trinajstić information content (AvgIpc) is 2.55. The molecule has 0 saturated carbocycles. The standard InChI is InChI=1S/C16H24N2O3/c1-5-13(18-8-6-17-7-9-18)12-10-14(19-2)16(21-4)15(11-12)20-3/h5,10-11,13,17H,1,6-9H2,2-4H3/t13-/m0/s1. The summed E-state index contributed by atoms with van der Waals surface area (Å²) >= 11 is 0. The first-order valence-corrected chi connectivity index (χ1v) is 7.12. The van der Waals surface area contributed by atoms with E-state index in [1.165, 1.54) is 0 Å². The number of piperazine rings is 1. The summed E-state index contributed by atoms with van der Waals surface area (Å²) in [5, 5.41) is 3.36. The average molecular weight is 292 g/mol. The molecular formula is C16H24N2O3. The lowest BCUT2D eigenvalue weighted by atomic mass is 10.0. The third kappa shape index (κ3) is 3.31. The summed E-state index contributed by atoms with van der Waals surface area (Å²) in [4.78, 5) is 2.39. The highest BCUT2D eigenvalue weighted by Crippen LogP contribution is 2.40. The van der Waals surface area contributed by atoms with Crippen LogP contribution >= 0.6 is 0 Å². The van der Waals surface area contributed by atoms with E-state index in [0.717, 1.165) is 31.7 Å². The quantitative estimate of drug-likeness (QED) is 0.811. The number of hydrogen-bond donors (Lipinski definition) is 1. The van der Waals surface area contributed by atoms with Gasteiger partial charge < -0.3 is 19.5 Å². The van der Waals surface area contributed by atoms with Crippen LogP contribution in [0.3, 0.4) is 0 Å².